The molecule has 0 heteroatoms. The molecule has 0 atom stereocenters. The summed E-state index contributed by atoms with van der Waals surface area (Å²) in [6.07, 6.45) is 0. The quantitative estimate of drug-likeness (QED) is 0.216. The van der Waals surface area contributed by atoms with Crippen molar-refractivity contribution in [2.75, 3.05) is 0 Å². The van der Waals surface area contributed by atoms with Gasteiger partial charge in [-0.25, -0.2) is 0 Å². The van der Waals surface area contributed by atoms with Gasteiger partial charge < -0.3 is 0 Å². The summed E-state index contributed by atoms with van der Waals surface area (Å²) >= 11 is 0. The van der Waals surface area contributed by atoms with E-state index in [4.69, 9.17) is 0 Å². The van der Waals surface area contributed by atoms with E-state index in [0.29, 0.717) is 0 Å². The zero-order valence-electron chi connectivity index (χ0n) is 22.7. The predicted molar refractivity (Wildman–Crippen MR) is 172 cm³/mol. The Morgan fingerprint density at radius 2 is 0.829 bits per heavy atom. The topological polar surface area (TPSA) is 0 Å². The average Bonchev–Trinajstić information content (AvgIpc) is 3.37. The minimum atomic E-state index is -0.453. The SMILES string of the molecule is c1ccc(-c2ccc3c(c2)C(c2ccccc2)(c2ccccc2)c2c-3ccc3cc(-c4ccccc4)ccc23)cc1. The lowest BCUT2D eigenvalue weighted by molar-refractivity contribution is 0.776. The molecule has 0 bridgehead atoms. The molecule has 7 aromatic carbocycles. The van der Waals surface area contributed by atoms with Gasteiger partial charge in [0.05, 0.1) is 5.41 Å². The van der Waals surface area contributed by atoms with Crippen LogP contribution in [0.1, 0.15) is 22.3 Å². The van der Waals surface area contributed by atoms with E-state index in [9.17, 15) is 0 Å². The molecule has 0 aliphatic heterocycles. The lowest BCUT2D eigenvalue weighted by atomic mass is 9.66. The van der Waals surface area contributed by atoms with E-state index in [1.165, 1.54) is 66.4 Å². The fourth-order valence-electron chi connectivity index (χ4n) is 6.95. The molecule has 0 amide bonds. The highest BCUT2D eigenvalue weighted by molar-refractivity contribution is 6.02. The van der Waals surface area contributed by atoms with Crippen LogP contribution < -0.4 is 0 Å². The van der Waals surface area contributed by atoms with E-state index >= 15 is 0 Å². The highest BCUT2D eigenvalue weighted by Crippen LogP contribution is 2.58. The van der Waals surface area contributed by atoms with Gasteiger partial charge >= 0.3 is 0 Å². The van der Waals surface area contributed by atoms with Crippen molar-refractivity contribution < 1.29 is 0 Å². The van der Waals surface area contributed by atoms with Gasteiger partial charge in [0.1, 0.15) is 0 Å². The zero-order chi connectivity index (χ0) is 27.2. The monoisotopic (exact) mass is 520 g/mol. The molecule has 0 nitrogen and oxygen atoms in total. The molecule has 192 valence electrons. The fourth-order valence-corrected chi connectivity index (χ4v) is 6.95. The highest BCUT2D eigenvalue weighted by Gasteiger charge is 2.47. The molecule has 0 saturated carbocycles. The van der Waals surface area contributed by atoms with Crippen molar-refractivity contribution in [1.82, 2.24) is 0 Å². The number of fused-ring (bicyclic) bond motifs is 5. The van der Waals surface area contributed by atoms with Crippen molar-refractivity contribution >= 4 is 10.8 Å². The Morgan fingerprint density at radius 3 is 1.41 bits per heavy atom. The lowest BCUT2D eigenvalue weighted by Crippen LogP contribution is -2.28. The summed E-state index contributed by atoms with van der Waals surface area (Å²) in [6.45, 7) is 0. The van der Waals surface area contributed by atoms with Crippen molar-refractivity contribution in [2.24, 2.45) is 0 Å². The van der Waals surface area contributed by atoms with Crippen LogP contribution in [0.3, 0.4) is 0 Å². The van der Waals surface area contributed by atoms with Crippen LogP contribution in [0.25, 0.3) is 44.2 Å². The molecule has 1 aliphatic rings. The molecule has 8 rings (SSSR count). The summed E-state index contributed by atoms with van der Waals surface area (Å²) in [7, 11) is 0. The summed E-state index contributed by atoms with van der Waals surface area (Å²) in [5, 5.41) is 2.56. The summed E-state index contributed by atoms with van der Waals surface area (Å²) in [5.41, 5.74) is 12.4. The molecular formula is C41H28. The number of benzene rings is 7. The van der Waals surface area contributed by atoms with Crippen molar-refractivity contribution in [3.63, 3.8) is 0 Å². The third-order valence-electron chi connectivity index (χ3n) is 8.74. The van der Waals surface area contributed by atoms with Crippen molar-refractivity contribution in [3.05, 3.63) is 192 Å². The maximum Gasteiger partial charge on any atom is 0.0719 e. The van der Waals surface area contributed by atoms with Crippen LogP contribution >= 0.6 is 0 Å². The van der Waals surface area contributed by atoms with Crippen LogP contribution in [-0.2, 0) is 5.41 Å². The Hall–Kier alpha value is -5.20. The zero-order valence-corrected chi connectivity index (χ0v) is 22.7. The van der Waals surface area contributed by atoms with Gasteiger partial charge in [-0.1, -0.05) is 158 Å². The van der Waals surface area contributed by atoms with Gasteiger partial charge in [-0.2, -0.15) is 0 Å². The standard InChI is InChI=1S/C41H28/c1-5-13-29(14-6-1)31-21-24-36-33(27-31)23-26-38-37-25-22-32(30-15-7-2-8-16-30)28-39(37)41(40(36)38,34-17-9-3-10-18-34)35-19-11-4-12-20-35/h1-28H. The second-order valence-corrected chi connectivity index (χ2v) is 10.9. The molecule has 0 radical (unpaired) electrons. The van der Waals surface area contributed by atoms with Crippen LogP contribution in [0.15, 0.2) is 170 Å². The van der Waals surface area contributed by atoms with E-state index in [0.717, 1.165) is 0 Å². The second-order valence-electron chi connectivity index (χ2n) is 10.9. The first kappa shape index (κ1) is 23.7. The van der Waals surface area contributed by atoms with E-state index in [2.05, 4.69) is 170 Å². The van der Waals surface area contributed by atoms with E-state index < -0.39 is 5.41 Å². The Labute approximate surface area is 241 Å². The molecule has 41 heavy (non-hydrogen) atoms. The van der Waals surface area contributed by atoms with E-state index in [1.807, 2.05) is 0 Å². The van der Waals surface area contributed by atoms with Crippen molar-refractivity contribution in [3.8, 4) is 33.4 Å². The first-order chi connectivity index (χ1) is 20.3. The van der Waals surface area contributed by atoms with Crippen LogP contribution in [0.4, 0.5) is 0 Å². The maximum absolute atomic E-state index is 2.44. The molecule has 0 aromatic heterocycles. The number of rotatable bonds is 4. The normalized spacial score (nSPS) is 13.1. The third kappa shape index (κ3) is 3.61. The Kier molecular flexibility index (Phi) is 5.47. The Bertz CT molecular complexity index is 1970. The third-order valence-corrected chi connectivity index (χ3v) is 8.74. The van der Waals surface area contributed by atoms with Gasteiger partial charge in [-0.05, 0) is 78.5 Å². The van der Waals surface area contributed by atoms with Gasteiger partial charge in [0, 0.05) is 0 Å². The van der Waals surface area contributed by atoms with Crippen LogP contribution in [0, 0.1) is 0 Å². The molecule has 7 aromatic rings. The van der Waals surface area contributed by atoms with E-state index in [-0.39, 0.29) is 0 Å². The average molecular weight is 521 g/mol. The number of hydrogen-bond donors (Lipinski definition) is 0. The molecule has 0 N–H and O–H groups in total. The Balaban J connectivity index is 1.49. The Morgan fingerprint density at radius 1 is 0.341 bits per heavy atom. The minimum Gasteiger partial charge on any atom is -0.0622 e. The first-order valence-corrected chi connectivity index (χ1v) is 14.3. The molecule has 0 heterocycles. The number of hydrogen-bond acceptors (Lipinski definition) is 0. The molecule has 1 aliphatic carbocycles. The van der Waals surface area contributed by atoms with Crippen molar-refractivity contribution in [2.45, 2.75) is 5.41 Å². The van der Waals surface area contributed by atoms with Gasteiger partial charge in [0.25, 0.3) is 0 Å². The lowest BCUT2D eigenvalue weighted by Gasteiger charge is -2.35. The molecular weight excluding hydrogens is 492 g/mol. The first-order valence-electron chi connectivity index (χ1n) is 14.3. The molecule has 0 unspecified atom stereocenters. The van der Waals surface area contributed by atoms with Gasteiger partial charge in [-0.15, -0.1) is 0 Å². The van der Waals surface area contributed by atoms with Crippen LogP contribution in [0.2, 0.25) is 0 Å². The van der Waals surface area contributed by atoms with Crippen LogP contribution in [0.5, 0.6) is 0 Å². The second kappa shape index (κ2) is 9.47. The van der Waals surface area contributed by atoms with Crippen LogP contribution in [-0.4, -0.2) is 0 Å². The molecule has 0 fully saturated rings. The largest absolute Gasteiger partial charge is 0.0719 e. The molecule has 0 spiro atoms. The predicted octanol–water partition coefficient (Wildman–Crippen LogP) is 10.5. The fraction of sp³-hybridized carbons (Fsp3) is 0.0244. The summed E-state index contributed by atoms with van der Waals surface area (Å²) < 4.78 is 0. The van der Waals surface area contributed by atoms with Crippen molar-refractivity contribution in [1.29, 1.82) is 0 Å². The highest BCUT2D eigenvalue weighted by atomic mass is 14.5. The smallest absolute Gasteiger partial charge is 0.0622 e. The van der Waals surface area contributed by atoms with Gasteiger partial charge in [0.2, 0.25) is 0 Å². The van der Waals surface area contributed by atoms with E-state index in [1.54, 1.807) is 0 Å². The summed E-state index contributed by atoms with van der Waals surface area (Å²) in [5.74, 6) is 0. The summed E-state index contributed by atoms with van der Waals surface area (Å²) in [4.78, 5) is 0. The molecule has 0 saturated heterocycles. The minimum absolute atomic E-state index is 0.453. The maximum atomic E-state index is 2.44. The summed E-state index contributed by atoms with van der Waals surface area (Å²) in [6, 6.07) is 62.3. The van der Waals surface area contributed by atoms with Gasteiger partial charge in [-0.3, -0.25) is 0 Å². The van der Waals surface area contributed by atoms with Gasteiger partial charge in [0.15, 0.2) is 0 Å².